The molecule has 1 aliphatic carbocycles. The second kappa shape index (κ2) is 5.03. The molecule has 1 heteroatoms. The highest BCUT2D eigenvalue weighted by molar-refractivity contribution is 6.30. The fourth-order valence-corrected chi connectivity index (χ4v) is 2.86. The summed E-state index contributed by atoms with van der Waals surface area (Å²) in [6, 6.07) is 8.28. The van der Waals surface area contributed by atoms with Crippen molar-refractivity contribution in [3.8, 4) is 0 Å². The molecule has 1 aliphatic rings. The van der Waals surface area contributed by atoms with Crippen LogP contribution in [-0.4, -0.2) is 0 Å². The number of hydrogen-bond acceptors (Lipinski definition) is 0. The Balaban J connectivity index is 1.83. The third-order valence-corrected chi connectivity index (χ3v) is 3.77. The van der Waals surface area contributed by atoms with E-state index in [4.69, 9.17) is 11.6 Å². The Morgan fingerprint density at radius 1 is 1.33 bits per heavy atom. The minimum Gasteiger partial charge on any atom is -0.0843 e. The fraction of sp³-hybridized carbons (Fsp3) is 0.571. The van der Waals surface area contributed by atoms with Crippen LogP contribution in [0.4, 0.5) is 0 Å². The number of rotatable bonds is 3. The number of halogens is 1. The van der Waals surface area contributed by atoms with Crippen LogP contribution in [0.25, 0.3) is 0 Å². The first kappa shape index (κ1) is 11.0. The molecule has 1 saturated carbocycles. The van der Waals surface area contributed by atoms with E-state index in [9.17, 15) is 0 Å². The molecule has 2 rings (SSSR count). The summed E-state index contributed by atoms with van der Waals surface area (Å²) < 4.78 is 0. The summed E-state index contributed by atoms with van der Waals surface area (Å²) in [6.45, 7) is 2.37. The van der Waals surface area contributed by atoms with Crippen molar-refractivity contribution in [3.05, 3.63) is 34.9 Å². The molecule has 2 atom stereocenters. The van der Waals surface area contributed by atoms with E-state index in [0.29, 0.717) is 0 Å². The van der Waals surface area contributed by atoms with Crippen LogP contribution < -0.4 is 0 Å². The van der Waals surface area contributed by atoms with Crippen LogP contribution in [-0.2, 0) is 6.42 Å². The van der Waals surface area contributed by atoms with E-state index in [2.05, 4.69) is 25.1 Å². The quantitative estimate of drug-likeness (QED) is 0.695. The molecule has 1 fully saturated rings. The van der Waals surface area contributed by atoms with Crippen LogP contribution in [0, 0.1) is 11.8 Å². The predicted octanol–water partition coefficient (Wildman–Crippen LogP) is 4.71. The van der Waals surface area contributed by atoms with E-state index in [1.165, 1.54) is 37.7 Å². The minimum absolute atomic E-state index is 0.868. The monoisotopic (exact) mass is 222 g/mol. The van der Waals surface area contributed by atoms with Gasteiger partial charge in [-0.2, -0.15) is 0 Å². The molecule has 15 heavy (non-hydrogen) atoms. The molecular formula is C14H19Cl. The molecule has 0 heterocycles. The molecule has 0 aromatic heterocycles. The molecule has 0 N–H and O–H groups in total. The lowest BCUT2D eigenvalue weighted by atomic mass is 9.97. The van der Waals surface area contributed by atoms with Gasteiger partial charge in [0.1, 0.15) is 0 Å². The Kier molecular flexibility index (Phi) is 3.69. The molecule has 0 spiro atoms. The Morgan fingerprint density at radius 3 is 2.87 bits per heavy atom. The maximum Gasteiger partial charge on any atom is 0.0408 e. The van der Waals surface area contributed by atoms with Crippen molar-refractivity contribution in [1.29, 1.82) is 0 Å². The Morgan fingerprint density at radius 2 is 2.20 bits per heavy atom. The fourth-order valence-electron chi connectivity index (χ4n) is 2.65. The molecular weight excluding hydrogens is 204 g/mol. The average molecular weight is 223 g/mol. The molecule has 0 saturated heterocycles. The molecule has 0 radical (unpaired) electrons. The number of hydrogen-bond donors (Lipinski definition) is 0. The van der Waals surface area contributed by atoms with Crippen LogP contribution in [0.2, 0.25) is 5.02 Å². The van der Waals surface area contributed by atoms with Gasteiger partial charge < -0.3 is 0 Å². The summed E-state index contributed by atoms with van der Waals surface area (Å²) in [5, 5.41) is 0.868. The molecule has 0 bridgehead atoms. The van der Waals surface area contributed by atoms with E-state index in [0.717, 1.165) is 16.9 Å². The van der Waals surface area contributed by atoms with Gasteiger partial charge in [0.25, 0.3) is 0 Å². The van der Waals surface area contributed by atoms with Gasteiger partial charge in [-0.25, -0.2) is 0 Å². The SMILES string of the molecule is CC1CCC(CCc2cccc(Cl)c2)C1. The normalized spacial score (nSPS) is 25.7. The van der Waals surface area contributed by atoms with Crippen molar-refractivity contribution in [1.82, 2.24) is 0 Å². The van der Waals surface area contributed by atoms with Crippen molar-refractivity contribution in [2.24, 2.45) is 11.8 Å². The van der Waals surface area contributed by atoms with E-state index in [1.807, 2.05) is 6.07 Å². The largest absolute Gasteiger partial charge is 0.0843 e. The molecule has 0 aliphatic heterocycles. The van der Waals surface area contributed by atoms with Crippen LogP contribution >= 0.6 is 11.6 Å². The second-order valence-corrected chi connectivity index (χ2v) is 5.39. The maximum absolute atomic E-state index is 5.96. The van der Waals surface area contributed by atoms with Crippen molar-refractivity contribution < 1.29 is 0 Å². The Bertz CT molecular complexity index is 319. The number of aryl methyl sites for hydroxylation is 1. The standard InChI is InChI=1S/C14H19Cl/c1-11-5-6-13(9-11)8-7-12-3-2-4-14(15)10-12/h2-4,10-11,13H,5-9H2,1H3. The molecule has 2 unspecified atom stereocenters. The van der Waals surface area contributed by atoms with E-state index in [1.54, 1.807) is 0 Å². The van der Waals surface area contributed by atoms with Crippen molar-refractivity contribution in [2.75, 3.05) is 0 Å². The van der Waals surface area contributed by atoms with Crippen LogP contribution in [0.5, 0.6) is 0 Å². The first-order chi connectivity index (χ1) is 7.24. The van der Waals surface area contributed by atoms with Crippen LogP contribution in [0.3, 0.4) is 0 Å². The predicted molar refractivity (Wildman–Crippen MR) is 66.3 cm³/mol. The Hall–Kier alpha value is -0.490. The third kappa shape index (κ3) is 3.24. The zero-order valence-electron chi connectivity index (χ0n) is 9.38. The van der Waals surface area contributed by atoms with E-state index >= 15 is 0 Å². The molecule has 0 amide bonds. The lowest BCUT2D eigenvalue weighted by Gasteiger charge is -2.09. The van der Waals surface area contributed by atoms with Gasteiger partial charge >= 0.3 is 0 Å². The summed E-state index contributed by atoms with van der Waals surface area (Å²) >= 11 is 5.96. The first-order valence-electron chi connectivity index (χ1n) is 5.98. The summed E-state index contributed by atoms with van der Waals surface area (Å²) in [7, 11) is 0. The van der Waals surface area contributed by atoms with Gasteiger partial charge in [0.05, 0.1) is 0 Å². The van der Waals surface area contributed by atoms with Gasteiger partial charge in [0.2, 0.25) is 0 Å². The van der Waals surface area contributed by atoms with Crippen molar-refractivity contribution >= 4 is 11.6 Å². The van der Waals surface area contributed by atoms with Crippen molar-refractivity contribution in [2.45, 2.75) is 39.0 Å². The zero-order chi connectivity index (χ0) is 10.7. The summed E-state index contributed by atoms with van der Waals surface area (Å²) in [4.78, 5) is 0. The molecule has 1 aromatic rings. The first-order valence-corrected chi connectivity index (χ1v) is 6.36. The van der Waals surface area contributed by atoms with Gasteiger partial charge in [-0.05, 0) is 48.8 Å². The highest BCUT2D eigenvalue weighted by atomic mass is 35.5. The zero-order valence-corrected chi connectivity index (χ0v) is 10.1. The Labute approximate surface area is 97.6 Å². The lowest BCUT2D eigenvalue weighted by molar-refractivity contribution is 0.480. The highest BCUT2D eigenvalue weighted by Gasteiger charge is 2.20. The van der Waals surface area contributed by atoms with E-state index in [-0.39, 0.29) is 0 Å². The summed E-state index contributed by atoms with van der Waals surface area (Å²) in [5.74, 6) is 1.91. The smallest absolute Gasteiger partial charge is 0.0408 e. The van der Waals surface area contributed by atoms with Crippen molar-refractivity contribution in [3.63, 3.8) is 0 Å². The average Bonchev–Trinajstić information content (AvgIpc) is 2.62. The molecule has 0 nitrogen and oxygen atoms in total. The van der Waals surface area contributed by atoms with Crippen LogP contribution in [0.15, 0.2) is 24.3 Å². The number of benzene rings is 1. The molecule has 82 valence electrons. The van der Waals surface area contributed by atoms with E-state index < -0.39 is 0 Å². The van der Waals surface area contributed by atoms with Gasteiger partial charge in [-0.3, -0.25) is 0 Å². The lowest BCUT2D eigenvalue weighted by Crippen LogP contribution is -1.97. The van der Waals surface area contributed by atoms with Gasteiger partial charge in [0, 0.05) is 5.02 Å². The highest BCUT2D eigenvalue weighted by Crippen LogP contribution is 2.33. The van der Waals surface area contributed by atoms with Crippen LogP contribution in [0.1, 0.15) is 38.2 Å². The summed E-state index contributed by atoms with van der Waals surface area (Å²) in [5.41, 5.74) is 1.39. The summed E-state index contributed by atoms with van der Waals surface area (Å²) in [6.07, 6.45) is 6.82. The topological polar surface area (TPSA) is 0 Å². The maximum atomic E-state index is 5.96. The minimum atomic E-state index is 0.868. The van der Waals surface area contributed by atoms with Gasteiger partial charge in [0.15, 0.2) is 0 Å². The second-order valence-electron chi connectivity index (χ2n) is 4.95. The molecule has 1 aromatic carbocycles. The van der Waals surface area contributed by atoms with Gasteiger partial charge in [-0.1, -0.05) is 43.5 Å². The third-order valence-electron chi connectivity index (χ3n) is 3.53. The van der Waals surface area contributed by atoms with Gasteiger partial charge in [-0.15, -0.1) is 0 Å².